The highest BCUT2D eigenvalue weighted by atomic mass is 127. The number of carbonyl (C=O) groups is 2. The van der Waals surface area contributed by atoms with E-state index in [2.05, 4.69) is 20.9 Å². The summed E-state index contributed by atoms with van der Waals surface area (Å²) in [5.41, 5.74) is 1.65. The molecule has 8 nitrogen and oxygen atoms in total. The first-order chi connectivity index (χ1) is 13.0. The molecule has 0 unspecified atom stereocenters. The maximum Gasteiger partial charge on any atom is 0.291 e. The lowest BCUT2D eigenvalue weighted by molar-refractivity contribution is -0.127. The molecule has 2 aromatic rings. The molecule has 0 atom stereocenters. The van der Waals surface area contributed by atoms with Gasteiger partial charge in [0.25, 0.3) is 5.91 Å². The fraction of sp³-hybridized carbons (Fsp3) is 0.316. The molecule has 1 aromatic heterocycles. The van der Waals surface area contributed by atoms with Crippen molar-refractivity contribution in [1.29, 1.82) is 0 Å². The number of nitrogens with zero attached hydrogens (tertiary/aromatic N) is 2. The molecule has 2 rings (SSSR count). The molecule has 0 radical (unpaired) electrons. The predicted molar refractivity (Wildman–Crippen MR) is 120 cm³/mol. The smallest absolute Gasteiger partial charge is 0.291 e. The fourth-order valence-corrected chi connectivity index (χ4v) is 2.12. The van der Waals surface area contributed by atoms with Crippen molar-refractivity contribution in [1.82, 2.24) is 15.5 Å². The zero-order chi connectivity index (χ0) is 19.6. The van der Waals surface area contributed by atoms with Crippen molar-refractivity contribution in [2.45, 2.75) is 13.5 Å². The quantitative estimate of drug-likeness (QED) is 0.309. The summed E-state index contributed by atoms with van der Waals surface area (Å²) in [7, 11) is 3.42. The first kappa shape index (κ1) is 23.5. The lowest BCUT2D eigenvalue weighted by atomic mass is 10.2. The fourth-order valence-electron chi connectivity index (χ4n) is 2.12. The van der Waals surface area contributed by atoms with Crippen LogP contribution in [0.1, 0.15) is 23.0 Å². The van der Waals surface area contributed by atoms with Gasteiger partial charge in [-0.3, -0.25) is 9.59 Å². The van der Waals surface area contributed by atoms with Crippen molar-refractivity contribution < 1.29 is 14.0 Å². The first-order valence-corrected chi connectivity index (χ1v) is 8.65. The molecule has 0 aliphatic heterocycles. The molecule has 0 saturated carbocycles. The molecular weight excluding hydrogens is 473 g/mol. The van der Waals surface area contributed by atoms with Gasteiger partial charge in [0, 0.05) is 26.3 Å². The van der Waals surface area contributed by atoms with Crippen LogP contribution in [0.25, 0.3) is 0 Å². The molecule has 0 saturated heterocycles. The summed E-state index contributed by atoms with van der Waals surface area (Å²) in [6.45, 7) is 3.27. The van der Waals surface area contributed by atoms with E-state index >= 15 is 0 Å². The Morgan fingerprint density at radius 3 is 2.39 bits per heavy atom. The Morgan fingerprint density at radius 2 is 1.82 bits per heavy atom. The molecule has 152 valence electrons. The Balaban J connectivity index is 0.00000392. The van der Waals surface area contributed by atoms with Gasteiger partial charge in [0.15, 0.2) is 11.7 Å². The largest absolute Gasteiger partial charge is 0.459 e. The summed E-state index contributed by atoms with van der Waals surface area (Å²) in [4.78, 5) is 29.6. The standard InChI is InChI=1S/C19H25N5O3.HI/c1-4-20-19(22-13-17(25)24(2)3)21-12-14-7-9-15(10-8-14)23-18(26)16-6-5-11-27-16;/h5-11H,4,12-13H2,1-3H3,(H,23,26)(H2,20,21,22);1H. The van der Waals surface area contributed by atoms with Crippen molar-refractivity contribution in [3.8, 4) is 0 Å². The van der Waals surface area contributed by atoms with Crippen LogP contribution >= 0.6 is 24.0 Å². The van der Waals surface area contributed by atoms with Crippen molar-refractivity contribution in [2.24, 2.45) is 4.99 Å². The van der Waals surface area contributed by atoms with E-state index in [4.69, 9.17) is 4.42 Å². The lowest BCUT2D eigenvalue weighted by Gasteiger charge is -2.14. The first-order valence-electron chi connectivity index (χ1n) is 8.65. The number of likely N-dealkylation sites (N-methyl/N-ethyl adjacent to an activating group) is 1. The van der Waals surface area contributed by atoms with Crippen LogP contribution in [0.15, 0.2) is 52.1 Å². The molecule has 1 aromatic carbocycles. The van der Waals surface area contributed by atoms with Gasteiger partial charge in [-0.1, -0.05) is 12.1 Å². The van der Waals surface area contributed by atoms with Gasteiger partial charge in [-0.2, -0.15) is 0 Å². The van der Waals surface area contributed by atoms with E-state index in [-0.39, 0.29) is 48.1 Å². The Bertz CT molecular complexity index is 773. The highest BCUT2D eigenvalue weighted by Gasteiger charge is 2.08. The van der Waals surface area contributed by atoms with Gasteiger partial charge in [-0.25, -0.2) is 4.99 Å². The summed E-state index contributed by atoms with van der Waals surface area (Å²) in [6.07, 6.45) is 1.46. The van der Waals surface area contributed by atoms with Crippen LogP contribution in [0, 0.1) is 0 Å². The number of rotatable bonds is 7. The maximum absolute atomic E-state index is 11.9. The van der Waals surface area contributed by atoms with E-state index < -0.39 is 0 Å². The number of anilines is 1. The third-order valence-electron chi connectivity index (χ3n) is 3.63. The number of guanidine groups is 1. The van der Waals surface area contributed by atoms with Crippen LogP contribution in [-0.4, -0.2) is 49.9 Å². The van der Waals surface area contributed by atoms with Gasteiger partial charge in [0.2, 0.25) is 5.91 Å². The van der Waals surface area contributed by atoms with Gasteiger partial charge in [0.1, 0.15) is 0 Å². The minimum atomic E-state index is -0.296. The van der Waals surface area contributed by atoms with Gasteiger partial charge >= 0.3 is 0 Å². The van der Waals surface area contributed by atoms with Crippen molar-refractivity contribution >= 4 is 47.4 Å². The Labute approximate surface area is 181 Å². The second-order valence-electron chi connectivity index (χ2n) is 5.97. The van der Waals surface area contributed by atoms with Crippen LogP contribution in [-0.2, 0) is 11.3 Å². The van der Waals surface area contributed by atoms with Crippen molar-refractivity contribution in [3.63, 3.8) is 0 Å². The summed E-state index contributed by atoms with van der Waals surface area (Å²) >= 11 is 0. The lowest BCUT2D eigenvalue weighted by Crippen LogP contribution is -2.42. The van der Waals surface area contributed by atoms with Crippen molar-refractivity contribution in [3.05, 3.63) is 54.0 Å². The molecule has 0 fully saturated rings. The summed E-state index contributed by atoms with van der Waals surface area (Å²) in [5.74, 6) is 0.507. The number of carbonyl (C=O) groups excluding carboxylic acids is 2. The number of hydrogen-bond acceptors (Lipinski definition) is 4. The summed E-state index contributed by atoms with van der Waals surface area (Å²) in [5, 5.41) is 8.87. The number of nitrogens with one attached hydrogen (secondary N) is 3. The number of aliphatic imine (C=N–C) groups is 1. The number of amides is 2. The Kier molecular flexibility index (Phi) is 10.1. The average Bonchev–Trinajstić information content (AvgIpc) is 3.19. The molecule has 0 aliphatic rings. The minimum Gasteiger partial charge on any atom is -0.459 e. The zero-order valence-electron chi connectivity index (χ0n) is 16.2. The number of hydrogen-bond donors (Lipinski definition) is 3. The average molecular weight is 499 g/mol. The second-order valence-corrected chi connectivity index (χ2v) is 5.97. The highest BCUT2D eigenvalue weighted by Crippen LogP contribution is 2.12. The molecule has 0 spiro atoms. The van der Waals surface area contributed by atoms with E-state index in [1.54, 1.807) is 26.2 Å². The molecule has 3 N–H and O–H groups in total. The summed E-state index contributed by atoms with van der Waals surface area (Å²) in [6, 6.07) is 10.7. The SMILES string of the molecule is CCNC(=NCc1ccc(NC(=O)c2ccco2)cc1)NCC(=O)N(C)C.I. The van der Waals surface area contributed by atoms with E-state index in [0.717, 1.165) is 5.56 Å². The van der Waals surface area contributed by atoms with Crippen LogP contribution < -0.4 is 16.0 Å². The second kappa shape index (κ2) is 12.0. The minimum absolute atomic E-state index is 0. The van der Waals surface area contributed by atoms with Crippen LogP contribution in [0.2, 0.25) is 0 Å². The van der Waals surface area contributed by atoms with E-state index in [1.807, 2.05) is 31.2 Å². The number of furan rings is 1. The predicted octanol–water partition coefficient (Wildman–Crippen LogP) is 2.29. The Morgan fingerprint density at radius 1 is 1.11 bits per heavy atom. The molecule has 2 amide bonds. The number of halogens is 1. The van der Waals surface area contributed by atoms with Gasteiger partial charge in [-0.05, 0) is 36.8 Å². The van der Waals surface area contributed by atoms with E-state index in [9.17, 15) is 9.59 Å². The van der Waals surface area contributed by atoms with Gasteiger partial charge in [-0.15, -0.1) is 24.0 Å². The molecule has 0 aliphatic carbocycles. The van der Waals surface area contributed by atoms with Gasteiger partial charge in [0.05, 0.1) is 19.4 Å². The highest BCUT2D eigenvalue weighted by molar-refractivity contribution is 14.0. The van der Waals surface area contributed by atoms with Crippen LogP contribution in [0.4, 0.5) is 5.69 Å². The molecule has 28 heavy (non-hydrogen) atoms. The normalized spacial score (nSPS) is 10.6. The molecule has 1 heterocycles. The monoisotopic (exact) mass is 499 g/mol. The summed E-state index contributed by atoms with van der Waals surface area (Å²) < 4.78 is 5.06. The number of benzene rings is 1. The third kappa shape index (κ3) is 7.59. The third-order valence-corrected chi connectivity index (χ3v) is 3.63. The zero-order valence-corrected chi connectivity index (χ0v) is 18.5. The van der Waals surface area contributed by atoms with E-state index in [0.29, 0.717) is 24.7 Å². The van der Waals surface area contributed by atoms with Crippen LogP contribution in [0.5, 0.6) is 0 Å². The molecule has 0 bridgehead atoms. The van der Waals surface area contributed by atoms with Gasteiger partial charge < -0.3 is 25.3 Å². The topological polar surface area (TPSA) is 99.0 Å². The Hall–Kier alpha value is -2.56. The molecular formula is C19H26IN5O3. The van der Waals surface area contributed by atoms with Crippen molar-refractivity contribution in [2.75, 3.05) is 32.5 Å². The van der Waals surface area contributed by atoms with E-state index in [1.165, 1.54) is 11.2 Å². The molecule has 9 heteroatoms. The van der Waals surface area contributed by atoms with Crippen LogP contribution in [0.3, 0.4) is 0 Å². The maximum atomic E-state index is 11.9.